The molecular weight excluding hydrogens is 490 g/mol. The van der Waals surface area contributed by atoms with Crippen LogP contribution in [-0.2, 0) is 16.6 Å². The monoisotopic (exact) mass is 519 g/mol. The van der Waals surface area contributed by atoms with Gasteiger partial charge in [-0.05, 0) is 68.4 Å². The minimum absolute atomic E-state index is 0.288. The average Bonchev–Trinajstić information content (AvgIpc) is 3.16. The second kappa shape index (κ2) is 11.8. The van der Waals surface area contributed by atoms with Crippen molar-refractivity contribution in [1.29, 1.82) is 0 Å². The Kier molecular flexibility index (Phi) is 9.07. The summed E-state index contributed by atoms with van der Waals surface area (Å²) in [4.78, 5) is 0.288. The van der Waals surface area contributed by atoms with E-state index in [1.807, 2.05) is 45.2 Å². The smallest absolute Gasteiger partial charge is 0.243 e. The largest absolute Gasteiger partial charge is 0.347 e. The van der Waals surface area contributed by atoms with Crippen LogP contribution in [0.15, 0.2) is 58.7 Å². The molecule has 0 fully saturated rings. The molecule has 10 heteroatoms. The van der Waals surface area contributed by atoms with Crippen LogP contribution in [0.25, 0.3) is 10.9 Å². The third-order valence-electron chi connectivity index (χ3n) is 5.26. The predicted octanol–water partition coefficient (Wildman–Crippen LogP) is 5.45. The van der Waals surface area contributed by atoms with Crippen molar-refractivity contribution in [3.8, 4) is 0 Å². The molecule has 0 saturated heterocycles. The number of aryl methyl sites for hydroxylation is 1. The molecule has 0 aliphatic rings. The van der Waals surface area contributed by atoms with Gasteiger partial charge in [0.2, 0.25) is 10.0 Å². The number of nitrogens with one attached hydrogen (secondary N) is 2. The van der Waals surface area contributed by atoms with Crippen LogP contribution < -0.4 is 10.7 Å². The van der Waals surface area contributed by atoms with Crippen LogP contribution in [-0.4, -0.2) is 41.7 Å². The number of rotatable bonds is 10. The molecule has 1 heterocycles. The maximum absolute atomic E-state index is 13.3. The molecule has 0 saturated carbocycles. The lowest BCUT2D eigenvalue weighted by Gasteiger charge is -2.21. The summed E-state index contributed by atoms with van der Waals surface area (Å²) in [6, 6.07) is 12.5. The Balaban J connectivity index is 1.86. The molecular formula is C24H30ClN5O2S2. The Labute approximate surface area is 211 Å². The molecule has 0 unspecified atom stereocenters. The number of hydrazone groups is 1. The Morgan fingerprint density at radius 2 is 1.88 bits per heavy atom. The van der Waals surface area contributed by atoms with Gasteiger partial charge in [0.1, 0.15) is 0 Å². The van der Waals surface area contributed by atoms with E-state index in [4.69, 9.17) is 23.8 Å². The molecule has 7 nitrogen and oxygen atoms in total. The quantitative estimate of drug-likeness (QED) is 0.212. The van der Waals surface area contributed by atoms with Gasteiger partial charge < -0.3 is 9.88 Å². The normalized spacial score (nSPS) is 12.0. The minimum Gasteiger partial charge on any atom is -0.347 e. The number of hydrogen-bond donors (Lipinski definition) is 2. The first kappa shape index (κ1) is 26.2. The highest BCUT2D eigenvalue weighted by Crippen LogP contribution is 2.26. The number of thiocarbonyl (C=S) groups is 1. The molecule has 182 valence electrons. The summed E-state index contributed by atoms with van der Waals surface area (Å²) in [5, 5.41) is 9.01. The van der Waals surface area contributed by atoms with E-state index < -0.39 is 10.0 Å². The second-order valence-corrected chi connectivity index (χ2v) is 10.6. The number of fused-ring (bicyclic) bond motifs is 1. The molecule has 1 aromatic heterocycles. The summed E-state index contributed by atoms with van der Waals surface area (Å²) in [5.41, 5.74) is 5.29. The third-order valence-corrected chi connectivity index (χ3v) is 7.58. The average molecular weight is 520 g/mol. The molecule has 3 aromatic rings. The lowest BCUT2D eigenvalue weighted by Crippen LogP contribution is -2.32. The molecule has 0 spiro atoms. The highest BCUT2D eigenvalue weighted by Gasteiger charge is 2.24. The highest BCUT2D eigenvalue weighted by atomic mass is 35.5. The lowest BCUT2D eigenvalue weighted by molar-refractivity contribution is 0.410. The zero-order chi connectivity index (χ0) is 24.7. The van der Waals surface area contributed by atoms with E-state index in [1.54, 1.807) is 34.8 Å². The minimum atomic E-state index is -3.58. The summed E-state index contributed by atoms with van der Waals surface area (Å²) in [5.74, 6) is 0. The van der Waals surface area contributed by atoms with Gasteiger partial charge in [0.05, 0.1) is 11.1 Å². The second-order valence-electron chi connectivity index (χ2n) is 7.79. The van der Waals surface area contributed by atoms with Gasteiger partial charge in [0.15, 0.2) is 5.11 Å². The fourth-order valence-corrected chi connectivity index (χ4v) is 5.73. The van der Waals surface area contributed by atoms with Crippen molar-refractivity contribution in [1.82, 2.24) is 14.3 Å². The Bertz CT molecular complexity index is 1280. The molecule has 34 heavy (non-hydrogen) atoms. The highest BCUT2D eigenvalue weighted by molar-refractivity contribution is 7.89. The molecule has 2 N–H and O–H groups in total. The zero-order valence-corrected chi connectivity index (χ0v) is 22.0. The van der Waals surface area contributed by atoms with E-state index in [1.165, 1.54) is 0 Å². The van der Waals surface area contributed by atoms with Gasteiger partial charge in [-0.25, -0.2) is 8.42 Å². The van der Waals surface area contributed by atoms with Crippen LogP contribution in [0.3, 0.4) is 0 Å². The van der Waals surface area contributed by atoms with Crippen molar-refractivity contribution in [2.24, 2.45) is 5.10 Å². The van der Waals surface area contributed by atoms with Crippen LogP contribution in [0, 0.1) is 0 Å². The van der Waals surface area contributed by atoms with E-state index in [0.29, 0.717) is 23.2 Å². The van der Waals surface area contributed by atoms with Gasteiger partial charge in [-0.3, -0.25) is 5.43 Å². The summed E-state index contributed by atoms with van der Waals surface area (Å²) in [6.07, 6.45) is 5.13. The summed E-state index contributed by atoms with van der Waals surface area (Å²) in [7, 11) is -3.58. The predicted molar refractivity (Wildman–Crippen MR) is 145 cm³/mol. The van der Waals surface area contributed by atoms with E-state index >= 15 is 0 Å². The van der Waals surface area contributed by atoms with Gasteiger partial charge in [-0.2, -0.15) is 9.41 Å². The van der Waals surface area contributed by atoms with Gasteiger partial charge in [-0.15, -0.1) is 0 Å². The van der Waals surface area contributed by atoms with Gasteiger partial charge in [0, 0.05) is 53.0 Å². The molecule has 0 aliphatic carbocycles. The number of hydrogen-bond acceptors (Lipinski definition) is 4. The maximum atomic E-state index is 13.3. The number of anilines is 1. The topological polar surface area (TPSA) is 78.7 Å². The number of halogens is 1. The zero-order valence-electron chi connectivity index (χ0n) is 19.6. The van der Waals surface area contributed by atoms with Crippen molar-refractivity contribution >= 4 is 61.8 Å². The van der Waals surface area contributed by atoms with Crippen LogP contribution in [0.4, 0.5) is 5.69 Å². The lowest BCUT2D eigenvalue weighted by atomic mass is 10.2. The van der Waals surface area contributed by atoms with Crippen molar-refractivity contribution in [3.05, 3.63) is 59.2 Å². The van der Waals surface area contributed by atoms with E-state index in [9.17, 15) is 8.42 Å². The van der Waals surface area contributed by atoms with Crippen molar-refractivity contribution in [2.45, 2.75) is 45.1 Å². The first-order chi connectivity index (χ1) is 16.3. The maximum Gasteiger partial charge on any atom is 0.243 e. The van der Waals surface area contributed by atoms with Crippen LogP contribution in [0.5, 0.6) is 0 Å². The SMILES string of the molecule is CCCN(CCC)S(=O)(=O)c1ccc2c(c1)c(C=NNC(=S)Nc1cccc(Cl)c1)cn2CC. The standard InChI is InChI=1S/C24H30ClN5O2S2/c1-4-12-30(13-5-2)34(31,32)21-10-11-23-22(15-21)18(17-29(23)6-3)16-26-28-24(33)27-20-9-7-8-19(25)14-20/h7-11,14-17H,4-6,12-13H2,1-3H3,(H2,27,28,33). The molecule has 3 rings (SSSR count). The molecule has 0 atom stereocenters. The van der Waals surface area contributed by atoms with E-state index in [0.717, 1.165) is 41.5 Å². The molecule has 0 radical (unpaired) electrons. The number of sulfonamides is 1. The summed E-state index contributed by atoms with van der Waals surface area (Å²) < 4.78 is 30.2. The Morgan fingerprint density at radius 3 is 2.53 bits per heavy atom. The number of aromatic nitrogens is 1. The Morgan fingerprint density at radius 1 is 1.15 bits per heavy atom. The van der Waals surface area contributed by atoms with Gasteiger partial charge in [0.25, 0.3) is 0 Å². The van der Waals surface area contributed by atoms with Gasteiger partial charge >= 0.3 is 0 Å². The van der Waals surface area contributed by atoms with Crippen LogP contribution >= 0.6 is 23.8 Å². The molecule has 2 aromatic carbocycles. The Hall–Kier alpha value is -2.46. The van der Waals surface area contributed by atoms with Crippen molar-refractivity contribution < 1.29 is 8.42 Å². The molecule has 0 aliphatic heterocycles. The molecule has 0 bridgehead atoms. The third kappa shape index (κ3) is 6.15. The van der Waals surface area contributed by atoms with Crippen molar-refractivity contribution in [3.63, 3.8) is 0 Å². The van der Waals surface area contributed by atoms with Crippen LogP contribution in [0.2, 0.25) is 5.02 Å². The first-order valence-electron chi connectivity index (χ1n) is 11.3. The fraction of sp³-hybridized carbons (Fsp3) is 0.333. The van der Waals surface area contributed by atoms with Gasteiger partial charge in [-0.1, -0.05) is 31.5 Å². The number of nitrogens with zero attached hydrogens (tertiary/aromatic N) is 3. The fourth-order valence-electron chi connectivity index (χ4n) is 3.71. The first-order valence-corrected chi connectivity index (χ1v) is 13.5. The van der Waals surface area contributed by atoms with E-state index in [-0.39, 0.29) is 4.90 Å². The molecule has 0 amide bonds. The summed E-state index contributed by atoms with van der Waals surface area (Å²) in [6.45, 7) is 7.75. The van der Waals surface area contributed by atoms with Crippen molar-refractivity contribution in [2.75, 3.05) is 18.4 Å². The van der Waals surface area contributed by atoms with E-state index in [2.05, 4.69) is 20.4 Å². The van der Waals surface area contributed by atoms with Crippen LogP contribution in [0.1, 0.15) is 39.2 Å². The summed E-state index contributed by atoms with van der Waals surface area (Å²) >= 11 is 11.3. The number of benzene rings is 2.